The first-order valence-corrected chi connectivity index (χ1v) is 8.38. The van der Waals surface area contributed by atoms with Crippen LogP contribution in [0.3, 0.4) is 0 Å². The van der Waals surface area contributed by atoms with Crippen molar-refractivity contribution in [1.82, 2.24) is 9.88 Å². The minimum absolute atomic E-state index is 0.137. The standard InChI is InChI=1S/C19H18F3N3O3/c1-18(2)14-6-4-5-12(16(26)28-3)13(14)10-25(18)17(27)24-11-7-8-15(23-9-11)19(20,21)22/h4-9H,10H2,1-3H3,(H,24,27). The van der Waals surface area contributed by atoms with E-state index in [4.69, 9.17) is 4.74 Å². The molecule has 0 spiro atoms. The molecule has 1 aromatic carbocycles. The molecule has 0 fully saturated rings. The highest BCUT2D eigenvalue weighted by molar-refractivity contribution is 5.94. The van der Waals surface area contributed by atoms with E-state index in [0.29, 0.717) is 11.1 Å². The van der Waals surface area contributed by atoms with Gasteiger partial charge in [0.1, 0.15) is 5.69 Å². The normalized spacial score (nSPS) is 15.1. The number of anilines is 1. The number of carbonyl (C=O) groups is 2. The summed E-state index contributed by atoms with van der Waals surface area (Å²) in [5.41, 5.74) is 0.221. The zero-order valence-corrected chi connectivity index (χ0v) is 15.4. The van der Waals surface area contributed by atoms with E-state index in [1.54, 1.807) is 12.1 Å². The van der Waals surface area contributed by atoms with Crippen LogP contribution in [0.2, 0.25) is 0 Å². The number of urea groups is 1. The maximum atomic E-state index is 12.8. The quantitative estimate of drug-likeness (QED) is 0.778. The van der Waals surface area contributed by atoms with Gasteiger partial charge < -0.3 is 15.0 Å². The second-order valence-electron chi connectivity index (χ2n) is 6.83. The lowest BCUT2D eigenvalue weighted by Gasteiger charge is -2.32. The monoisotopic (exact) mass is 393 g/mol. The summed E-state index contributed by atoms with van der Waals surface area (Å²) in [6.07, 6.45) is -3.60. The van der Waals surface area contributed by atoms with Crippen molar-refractivity contribution in [2.75, 3.05) is 12.4 Å². The number of amides is 2. The van der Waals surface area contributed by atoms with Crippen LogP contribution < -0.4 is 5.32 Å². The van der Waals surface area contributed by atoms with Crippen LogP contribution >= 0.6 is 0 Å². The van der Waals surface area contributed by atoms with Gasteiger partial charge in [-0.15, -0.1) is 0 Å². The topological polar surface area (TPSA) is 71.5 Å². The largest absolute Gasteiger partial charge is 0.465 e. The molecule has 2 aromatic rings. The SMILES string of the molecule is COC(=O)c1cccc2c1CN(C(=O)Nc1ccc(C(F)(F)F)nc1)C2(C)C. The summed E-state index contributed by atoms with van der Waals surface area (Å²) < 4.78 is 42.7. The molecular formula is C19H18F3N3O3. The molecule has 1 aromatic heterocycles. The molecule has 2 amide bonds. The average molecular weight is 393 g/mol. The molecule has 0 saturated carbocycles. The first-order valence-electron chi connectivity index (χ1n) is 8.38. The van der Waals surface area contributed by atoms with Crippen LogP contribution in [0.4, 0.5) is 23.7 Å². The van der Waals surface area contributed by atoms with Gasteiger partial charge in [-0.05, 0) is 43.2 Å². The third kappa shape index (κ3) is 3.39. The summed E-state index contributed by atoms with van der Waals surface area (Å²) >= 11 is 0. The number of fused-ring (bicyclic) bond motifs is 1. The Hall–Kier alpha value is -3.10. The molecule has 1 aliphatic rings. The first kappa shape index (κ1) is 19.7. The predicted octanol–water partition coefficient (Wildman–Crippen LogP) is 4.17. The van der Waals surface area contributed by atoms with Gasteiger partial charge in [-0.25, -0.2) is 14.6 Å². The number of ether oxygens (including phenoxy) is 1. The van der Waals surface area contributed by atoms with E-state index in [9.17, 15) is 22.8 Å². The zero-order chi connectivity index (χ0) is 20.7. The van der Waals surface area contributed by atoms with Gasteiger partial charge in [-0.2, -0.15) is 13.2 Å². The summed E-state index contributed by atoms with van der Waals surface area (Å²) in [5.74, 6) is -0.498. The Kier molecular flexibility index (Phi) is 4.78. The van der Waals surface area contributed by atoms with Crippen molar-refractivity contribution in [2.45, 2.75) is 32.1 Å². The van der Waals surface area contributed by atoms with Gasteiger partial charge in [-0.3, -0.25) is 0 Å². The third-order valence-electron chi connectivity index (χ3n) is 4.78. The van der Waals surface area contributed by atoms with Crippen LogP contribution in [0.15, 0.2) is 36.5 Å². The number of halogens is 3. The molecule has 2 heterocycles. The zero-order valence-electron chi connectivity index (χ0n) is 15.4. The summed E-state index contributed by atoms with van der Waals surface area (Å²) in [6.45, 7) is 3.81. The average Bonchev–Trinajstić information content (AvgIpc) is 2.92. The number of aromatic nitrogens is 1. The van der Waals surface area contributed by atoms with E-state index < -0.39 is 29.4 Å². The molecule has 0 aliphatic carbocycles. The van der Waals surface area contributed by atoms with E-state index >= 15 is 0 Å². The summed E-state index contributed by atoms with van der Waals surface area (Å²) in [4.78, 5) is 29.6. The Morgan fingerprint density at radius 1 is 1.21 bits per heavy atom. The highest BCUT2D eigenvalue weighted by Crippen LogP contribution is 2.40. The van der Waals surface area contributed by atoms with E-state index in [-0.39, 0.29) is 12.2 Å². The molecule has 9 heteroatoms. The molecule has 6 nitrogen and oxygen atoms in total. The van der Waals surface area contributed by atoms with Gasteiger partial charge >= 0.3 is 18.2 Å². The number of pyridine rings is 1. The highest BCUT2D eigenvalue weighted by Gasteiger charge is 2.42. The number of alkyl halides is 3. The smallest absolute Gasteiger partial charge is 0.433 e. The fourth-order valence-electron chi connectivity index (χ4n) is 3.28. The van der Waals surface area contributed by atoms with E-state index in [0.717, 1.165) is 23.9 Å². The fourth-order valence-corrected chi connectivity index (χ4v) is 3.28. The van der Waals surface area contributed by atoms with Crippen LogP contribution in [0.25, 0.3) is 0 Å². The Bertz CT molecular complexity index is 924. The predicted molar refractivity (Wildman–Crippen MR) is 94.6 cm³/mol. The summed E-state index contributed by atoms with van der Waals surface area (Å²) in [5, 5.41) is 2.56. The second kappa shape index (κ2) is 6.81. The third-order valence-corrected chi connectivity index (χ3v) is 4.78. The lowest BCUT2D eigenvalue weighted by atomic mass is 9.91. The molecule has 148 valence electrons. The summed E-state index contributed by atoms with van der Waals surface area (Å²) in [7, 11) is 1.28. The lowest BCUT2D eigenvalue weighted by molar-refractivity contribution is -0.141. The molecule has 0 atom stereocenters. The molecule has 0 saturated heterocycles. The number of carbonyl (C=O) groups excluding carboxylic acids is 2. The van der Waals surface area contributed by atoms with Crippen molar-refractivity contribution in [3.05, 3.63) is 58.9 Å². The number of hydrogen-bond acceptors (Lipinski definition) is 4. The number of rotatable bonds is 2. The number of hydrogen-bond donors (Lipinski definition) is 1. The fraction of sp³-hybridized carbons (Fsp3) is 0.316. The molecule has 1 N–H and O–H groups in total. The van der Waals surface area contributed by atoms with Crippen LogP contribution in [0, 0.1) is 0 Å². The highest BCUT2D eigenvalue weighted by atomic mass is 19.4. The van der Waals surface area contributed by atoms with Gasteiger partial charge in [-0.1, -0.05) is 12.1 Å². The number of benzene rings is 1. The molecule has 28 heavy (non-hydrogen) atoms. The molecule has 1 aliphatic heterocycles. The van der Waals surface area contributed by atoms with Crippen LogP contribution in [0.1, 0.15) is 41.0 Å². The molecular weight excluding hydrogens is 375 g/mol. The van der Waals surface area contributed by atoms with Crippen molar-refractivity contribution < 1.29 is 27.5 Å². The van der Waals surface area contributed by atoms with Gasteiger partial charge in [0.15, 0.2) is 0 Å². The van der Waals surface area contributed by atoms with Crippen molar-refractivity contribution in [1.29, 1.82) is 0 Å². The number of nitrogens with zero attached hydrogens (tertiary/aromatic N) is 2. The van der Waals surface area contributed by atoms with E-state index in [1.807, 2.05) is 19.9 Å². The number of esters is 1. The second-order valence-corrected chi connectivity index (χ2v) is 6.83. The van der Waals surface area contributed by atoms with Crippen molar-refractivity contribution >= 4 is 17.7 Å². The van der Waals surface area contributed by atoms with Crippen molar-refractivity contribution in [2.24, 2.45) is 0 Å². The van der Waals surface area contributed by atoms with Gasteiger partial charge in [0, 0.05) is 6.54 Å². The Morgan fingerprint density at radius 2 is 1.93 bits per heavy atom. The maximum absolute atomic E-state index is 12.8. The van der Waals surface area contributed by atoms with Gasteiger partial charge in [0.2, 0.25) is 0 Å². The van der Waals surface area contributed by atoms with Gasteiger partial charge in [0.25, 0.3) is 0 Å². The van der Waals surface area contributed by atoms with Crippen LogP contribution in [0.5, 0.6) is 0 Å². The van der Waals surface area contributed by atoms with Crippen LogP contribution in [-0.4, -0.2) is 29.0 Å². The molecule has 0 unspecified atom stereocenters. The van der Waals surface area contributed by atoms with Gasteiger partial charge in [0.05, 0.1) is 30.1 Å². The number of methoxy groups -OCH3 is 1. The molecule has 0 radical (unpaired) electrons. The van der Waals surface area contributed by atoms with E-state index in [1.165, 1.54) is 12.0 Å². The van der Waals surface area contributed by atoms with Crippen molar-refractivity contribution in [3.8, 4) is 0 Å². The van der Waals surface area contributed by atoms with Crippen LogP contribution in [-0.2, 0) is 23.0 Å². The maximum Gasteiger partial charge on any atom is 0.433 e. The Balaban J connectivity index is 1.84. The number of nitrogens with one attached hydrogen (secondary N) is 1. The lowest BCUT2D eigenvalue weighted by Crippen LogP contribution is -2.42. The Labute approximate surface area is 159 Å². The van der Waals surface area contributed by atoms with E-state index in [2.05, 4.69) is 10.3 Å². The molecule has 0 bridgehead atoms. The van der Waals surface area contributed by atoms with Crippen molar-refractivity contribution in [3.63, 3.8) is 0 Å². The minimum atomic E-state index is -4.55. The first-order chi connectivity index (χ1) is 13.1. The minimum Gasteiger partial charge on any atom is -0.465 e. The summed E-state index contributed by atoms with van der Waals surface area (Å²) in [6, 6.07) is 6.60. The Morgan fingerprint density at radius 3 is 2.50 bits per heavy atom. The molecule has 3 rings (SSSR count).